The third kappa shape index (κ3) is 3.23. The lowest BCUT2D eigenvalue weighted by Gasteiger charge is -2.18. The summed E-state index contributed by atoms with van der Waals surface area (Å²) in [6.45, 7) is 7.22. The monoisotopic (exact) mass is 273 g/mol. The molecule has 0 amide bonds. The summed E-state index contributed by atoms with van der Waals surface area (Å²) in [4.78, 5) is 0. The number of hydrogen-bond donors (Lipinski definition) is 2. The second-order valence-electron chi connectivity index (χ2n) is 5.24. The summed E-state index contributed by atoms with van der Waals surface area (Å²) in [5.41, 5.74) is 7.79. The van der Waals surface area contributed by atoms with Crippen LogP contribution in [0.4, 0.5) is 0 Å². The standard InChI is InChI=1S/C15H23N5/c1-4-7-20-15(10-17-19-20)14(18-16)9-13-8-11(2)5-6-12(13)3/h5-6,8,10,14,18H,4,7,9,16H2,1-3H3. The Bertz CT molecular complexity index is 561. The van der Waals surface area contributed by atoms with Gasteiger partial charge in [-0.05, 0) is 37.8 Å². The molecule has 0 spiro atoms. The molecule has 1 atom stereocenters. The van der Waals surface area contributed by atoms with Gasteiger partial charge in [-0.2, -0.15) is 0 Å². The zero-order chi connectivity index (χ0) is 14.5. The minimum atomic E-state index is 0.0250. The highest BCUT2D eigenvalue weighted by molar-refractivity contribution is 5.31. The number of nitrogens with one attached hydrogen (secondary N) is 1. The summed E-state index contributed by atoms with van der Waals surface area (Å²) in [5.74, 6) is 5.75. The van der Waals surface area contributed by atoms with Crippen molar-refractivity contribution in [3.63, 3.8) is 0 Å². The molecule has 5 heteroatoms. The highest BCUT2D eigenvalue weighted by Gasteiger charge is 2.17. The van der Waals surface area contributed by atoms with Crippen molar-refractivity contribution in [2.45, 2.75) is 46.2 Å². The number of nitrogens with two attached hydrogens (primary N) is 1. The van der Waals surface area contributed by atoms with E-state index >= 15 is 0 Å². The van der Waals surface area contributed by atoms with Crippen molar-refractivity contribution >= 4 is 0 Å². The third-order valence-electron chi connectivity index (χ3n) is 3.57. The Balaban J connectivity index is 2.24. The van der Waals surface area contributed by atoms with Crippen molar-refractivity contribution in [3.05, 3.63) is 46.8 Å². The minimum Gasteiger partial charge on any atom is -0.271 e. The number of aromatic nitrogens is 3. The zero-order valence-corrected chi connectivity index (χ0v) is 12.4. The van der Waals surface area contributed by atoms with Crippen LogP contribution >= 0.6 is 0 Å². The van der Waals surface area contributed by atoms with E-state index in [1.807, 2.05) is 4.68 Å². The Hall–Kier alpha value is -1.72. The quantitative estimate of drug-likeness (QED) is 0.624. The van der Waals surface area contributed by atoms with Crippen LogP contribution in [0.3, 0.4) is 0 Å². The molecule has 3 N–H and O–H groups in total. The number of hydrogen-bond acceptors (Lipinski definition) is 4. The van der Waals surface area contributed by atoms with E-state index in [2.05, 4.69) is 54.7 Å². The van der Waals surface area contributed by atoms with Crippen LogP contribution in [0.15, 0.2) is 24.4 Å². The largest absolute Gasteiger partial charge is 0.271 e. The second-order valence-corrected chi connectivity index (χ2v) is 5.24. The van der Waals surface area contributed by atoms with E-state index in [-0.39, 0.29) is 6.04 Å². The summed E-state index contributed by atoms with van der Waals surface area (Å²) >= 11 is 0. The molecule has 108 valence electrons. The first-order chi connectivity index (χ1) is 9.65. The lowest BCUT2D eigenvalue weighted by molar-refractivity contribution is 0.473. The summed E-state index contributed by atoms with van der Waals surface area (Å²) in [6, 6.07) is 6.53. The van der Waals surface area contributed by atoms with E-state index in [1.54, 1.807) is 6.20 Å². The van der Waals surface area contributed by atoms with Gasteiger partial charge >= 0.3 is 0 Å². The maximum absolute atomic E-state index is 5.75. The molecule has 0 aliphatic heterocycles. The molecular formula is C15H23N5. The van der Waals surface area contributed by atoms with Gasteiger partial charge in [0.25, 0.3) is 0 Å². The molecule has 2 aromatic rings. The van der Waals surface area contributed by atoms with Crippen molar-refractivity contribution in [2.24, 2.45) is 5.84 Å². The molecule has 0 saturated heterocycles. The molecule has 5 nitrogen and oxygen atoms in total. The molecule has 0 radical (unpaired) electrons. The highest BCUT2D eigenvalue weighted by Crippen LogP contribution is 2.20. The fourth-order valence-corrected chi connectivity index (χ4v) is 2.41. The van der Waals surface area contributed by atoms with Crippen LogP contribution < -0.4 is 11.3 Å². The molecule has 0 aliphatic rings. The molecule has 1 heterocycles. The number of aryl methyl sites for hydroxylation is 3. The van der Waals surface area contributed by atoms with Gasteiger partial charge in [-0.3, -0.25) is 11.3 Å². The molecule has 1 aromatic carbocycles. The van der Waals surface area contributed by atoms with Crippen LogP contribution in [0.1, 0.15) is 41.8 Å². The first kappa shape index (κ1) is 14.7. The van der Waals surface area contributed by atoms with Crippen LogP contribution in [-0.2, 0) is 13.0 Å². The normalized spacial score (nSPS) is 12.6. The fraction of sp³-hybridized carbons (Fsp3) is 0.467. The van der Waals surface area contributed by atoms with Crippen LogP contribution in [0, 0.1) is 13.8 Å². The lowest BCUT2D eigenvalue weighted by atomic mass is 9.98. The van der Waals surface area contributed by atoms with Crippen molar-refractivity contribution in [1.82, 2.24) is 20.4 Å². The molecule has 20 heavy (non-hydrogen) atoms. The fourth-order valence-electron chi connectivity index (χ4n) is 2.41. The summed E-state index contributed by atoms with van der Waals surface area (Å²) in [7, 11) is 0. The van der Waals surface area contributed by atoms with E-state index in [0.29, 0.717) is 0 Å². The Kier molecular flexibility index (Phi) is 4.87. The Morgan fingerprint density at radius 3 is 2.85 bits per heavy atom. The van der Waals surface area contributed by atoms with Crippen molar-refractivity contribution in [1.29, 1.82) is 0 Å². The topological polar surface area (TPSA) is 68.8 Å². The maximum Gasteiger partial charge on any atom is 0.0773 e. The second kappa shape index (κ2) is 6.63. The van der Waals surface area contributed by atoms with E-state index in [9.17, 15) is 0 Å². The van der Waals surface area contributed by atoms with E-state index in [1.165, 1.54) is 16.7 Å². The van der Waals surface area contributed by atoms with Crippen LogP contribution in [0.25, 0.3) is 0 Å². The van der Waals surface area contributed by atoms with Gasteiger partial charge in [0.1, 0.15) is 0 Å². The average Bonchev–Trinajstić information content (AvgIpc) is 2.88. The van der Waals surface area contributed by atoms with Gasteiger partial charge in [-0.1, -0.05) is 35.9 Å². The van der Waals surface area contributed by atoms with Crippen LogP contribution in [0.2, 0.25) is 0 Å². The van der Waals surface area contributed by atoms with Crippen molar-refractivity contribution in [3.8, 4) is 0 Å². The van der Waals surface area contributed by atoms with Gasteiger partial charge in [0.05, 0.1) is 17.9 Å². The molecule has 0 aliphatic carbocycles. The van der Waals surface area contributed by atoms with Crippen molar-refractivity contribution in [2.75, 3.05) is 0 Å². The SMILES string of the molecule is CCCn1nncc1C(Cc1cc(C)ccc1C)NN. The Morgan fingerprint density at radius 2 is 2.15 bits per heavy atom. The molecule has 1 aromatic heterocycles. The summed E-state index contributed by atoms with van der Waals surface area (Å²) in [6.07, 6.45) is 3.66. The van der Waals surface area contributed by atoms with Gasteiger partial charge in [0, 0.05) is 6.54 Å². The number of benzene rings is 1. The highest BCUT2D eigenvalue weighted by atomic mass is 15.4. The van der Waals surface area contributed by atoms with Gasteiger partial charge in [0.15, 0.2) is 0 Å². The Labute approximate surface area is 120 Å². The van der Waals surface area contributed by atoms with Crippen LogP contribution in [-0.4, -0.2) is 15.0 Å². The predicted molar refractivity (Wildman–Crippen MR) is 80.0 cm³/mol. The molecule has 0 saturated carbocycles. The molecule has 0 bridgehead atoms. The number of rotatable bonds is 6. The Morgan fingerprint density at radius 1 is 1.35 bits per heavy atom. The van der Waals surface area contributed by atoms with Gasteiger partial charge < -0.3 is 0 Å². The molecule has 1 unspecified atom stereocenters. The van der Waals surface area contributed by atoms with Crippen molar-refractivity contribution < 1.29 is 0 Å². The van der Waals surface area contributed by atoms with E-state index < -0.39 is 0 Å². The van der Waals surface area contributed by atoms with Crippen LogP contribution in [0.5, 0.6) is 0 Å². The lowest BCUT2D eigenvalue weighted by Crippen LogP contribution is -2.31. The van der Waals surface area contributed by atoms with Gasteiger partial charge in [-0.15, -0.1) is 5.10 Å². The smallest absolute Gasteiger partial charge is 0.0773 e. The third-order valence-corrected chi connectivity index (χ3v) is 3.57. The van der Waals surface area contributed by atoms with Gasteiger partial charge in [0.2, 0.25) is 0 Å². The summed E-state index contributed by atoms with van der Waals surface area (Å²) in [5, 5.41) is 8.14. The zero-order valence-electron chi connectivity index (χ0n) is 12.4. The molecule has 2 rings (SSSR count). The minimum absolute atomic E-state index is 0.0250. The van der Waals surface area contributed by atoms with Gasteiger partial charge in [-0.25, -0.2) is 4.68 Å². The predicted octanol–water partition coefficient (Wildman–Crippen LogP) is 2.05. The maximum atomic E-state index is 5.75. The van der Waals surface area contributed by atoms with E-state index in [0.717, 1.165) is 25.1 Å². The number of nitrogens with zero attached hydrogens (tertiary/aromatic N) is 3. The summed E-state index contributed by atoms with van der Waals surface area (Å²) < 4.78 is 1.93. The number of hydrazine groups is 1. The van der Waals surface area contributed by atoms with E-state index in [4.69, 9.17) is 5.84 Å². The average molecular weight is 273 g/mol. The molecule has 0 fully saturated rings. The molecular weight excluding hydrogens is 250 g/mol. The first-order valence-corrected chi connectivity index (χ1v) is 7.06. The first-order valence-electron chi connectivity index (χ1n) is 7.06.